The SMILES string of the molecule is N=C(N)c1ccc(OC(CCOc2cccc(C(N)=O)c2)C(N)=NC2CCC(N)CC2)cc1. The lowest BCUT2D eigenvalue weighted by molar-refractivity contribution is 0.0999. The molecule has 2 aromatic carbocycles. The summed E-state index contributed by atoms with van der Waals surface area (Å²) in [5.74, 6) is 0.998. The Labute approximate surface area is 193 Å². The topological polar surface area (TPSA) is 176 Å². The number of aliphatic imine (C=N–C) groups is 1. The summed E-state index contributed by atoms with van der Waals surface area (Å²) in [6.07, 6.45) is 3.59. The number of primary amides is 1. The number of ether oxygens (including phenoxy) is 2. The second-order valence-corrected chi connectivity index (χ2v) is 8.20. The Kier molecular flexibility index (Phi) is 8.26. The molecule has 1 amide bonds. The molecule has 9 nitrogen and oxygen atoms in total. The number of carbonyl (C=O) groups excluding carboxylic acids is 1. The average Bonchev–Trinajstić information content (AvgIpc) is 2.80. The van der Waals surface area contributed by atoms with Crippen LogP contribution >= 0.6 is 0 Å². The van der Waals surface area contributed by atoms with Crippen molar-refractivity contribution in [1.82, 2.24) is 0 Å². The number of benzene rings is 2. The van der Waals surface area contributed by atoms with Gasteiger partial charge in [0.15, 0.2) is 6.10 Å². The summed E-state index contributed by atoms with van der Waals surface area (Å²) in [4.78, 5) is 16.1. The highest BCUT2D eigenvalue weighted by Crippen LogP contribution is 2.21. The van der Waals surface area contributed by atoms with Gasteiger partial charge in [-0.25, -0.2) is 0 Å². The quantitative estimate of drug-likeness (QED) is 0.272. The molecule has 1 atom stereocenters. The van der Waals surface area contributed by atoms with Gasteiger partial charge in [-0.1, -0.05) is 6.07 Å². The summed E-state index contributed by atoms with van der Waals surface area (Å²) < 4.78 is 11.9. The molecule has 176 valence electrons. The highest BCUT2D eigenvalue weighted by atomic mass is 16.5. The molecule has 1 aliphatic rings. The van der Waals surface area contributed by atoms with Gasteiger partial charge in [0.05, 0.1) is 12.6 Å². The van der Waals surface area contributed by atoms with Crippen molar-refractivity contribution >= 4 is 17.6 Å². The number of nitrogens with one attached hydrogen (secondary N) is 1. The first-order valence-electron chi connectivity index (χ1n) is 11.0. The molecule has 1 unspecified atom stereocenters. The van der Waals surface area contributed by atoms with Gasteiger partial charge in [-0.15, -0.1) is 0 Å². The van der Waals surface area contributed by atoms with Crippen molar-refractivity contribution in [2.75, 3.05) is 6.61 Å². The fourth-order valence-corrected chi connectivity index (χ4v) is 3.69. The van der Waals surface area contributed by atoms with E-state index in [0.717, 1.165) is 25.7 Å². The van der Waals surface area contributed by atoms with Gasteiger partial charge in [0.2, 0.25) is 5.91 Å². The maximum Gasteiger partial charge on any atom is 0.248 e. The Hall–Kier alpha value is -3.59. The van der Waals surface area contributed by atoms with Crippen LogP contribution in [-0.2, 0) is 0 Å². The lowest BCUT2D eigenvalue weighted by atomic mass is 9.92. The summed E-state index contributed by atoms with van der Waals surface area (Å²) in [6.45, 7) is 0.296. The molecule has 3 rings (SSSR count). The molecule has 2 aromatic rings. The van der Waals surface area contributed by atoms with Crippen molar-refractivity contribution in [2.45, 2.75) is 50.3 Å². The maximum atomic E-state index is 11.4. The van der Waals surface area contributed by atoms with Gasteiger partial charge in [0.25, 0.3) is 0 Å². The number of rotatable bonds is 10. The molecular formula is C24H32N6O3. The average molecular weight is 453 g/mol. The van der Waals surface area contributed by atoms with Gasteiger partial charge in [0, 0.05) is 23.6 Å². The summed E-state index contributed by atoms with van der Waals surface area (Å²) >= 11 is 0. The van der Waals surface area contributed by atoms with Crippen molar-refractivity contribution in [2.24, 2.45) is 27.9 Å². The summed E-state index contributed by atoms with van der Waals surface area (Å²) in [5, 5.41) is 7.53. The largest absolute Gasteiger partial charge is 0.493 e. The fraction of sp³-hybridized carbons (Fsp3) is 0.375. The summed E-state index contributed by atoms with van der Waals surface area (Å²) in [5.41, 5.74) is 24.2. The molecule has 0 aliphatic heterocycles. The third-order valence-corrected chi connectivity index (χ3v) is 5.61. The van der Waals surface area contributed by atoms with Gasteiger partial charge in [-0.2, -0.15) is 0 Å². The van der Waals surface area contributed by atoms with E-state index < -0.39 is 12.0 Å². The van der Waals surface area contributed by atoms with Crippen molar-refractivity contribution in [1.29, 1.82) is 5.41 Å². The van der Waals surface area contributed by atoms with E-state index in [0.29, 0.717) is 41.5 Å². The normalized spacial score (nSPS) is 19.5. The number of amides is 1. The van der Waals surface area contributed by atoms with E-state index in [1.165, 1.54) is 0 Å². The van der Waals surface area contributed by atoms with Crippen LogP contribution in [0.3, 0.4) is 0 Å². The van der Waals surface area contributed by atoms with E-state index in [9.17, 15) is 4.79 Å². The number of hydrogen-bond acceptors (Lipinski definition) is 6. The Morgan fingerprint density at radius 3 is 2.33 bits per heavy atom. The third kappa shape index (κ3) is 7.21. The predicted octanol–water partition coefficient (Wildman–Crippen LogP) is 1.91. The zero-order valence-corrected chi connectivity index (χ0v) is 18.6. The lowest BCUT2D eigenvalue weighted by Crippen LogP contribution is -2.37. The van der Waals surface area contributed by atoms with E-state index in [1.807, 2.05) is 0 Å². The molecule has 0 radical (unpaired) electrons. The van der Waals surface area contributed by atoms with E-state index in [1.54, 1.807) is 48.5 Å². The first kappa shape index (κ1) is 24.1. The van der Waals surface area contributed by atoms with Gasteiger partial charge in [0.1, 0.15) is 23.2 Å². The van der Waals surface area contributed by atoms with Crippen LogP contribution in [0.4, 0.5) is 0 Å². The van der Waals surface area contributed by atoms with E-state index in [2.05, 4.69) is 0 Å². The van der Waals surface area contributed by atoms with Crippen LogP contribution in [0.2, 0.25) is 0 Å². The number of nitrogens with two attached hydrogens (primary N) is 4. The minimum absolute atomic E-state index is 0.0127. The zero-order valence-electron chi connectivity index (χ0n) is 18.6. The van der Waals surface area contributed by atoms with Crippen molar-refractivity contribution in [3.63, 3.8) is 0 Å². The highest BCUT2D eigenvalue weighted by Gasteiger charge is 2.22. The van der Waals surface area contributed by atoms with Crippen molar-refractivity contribution in [3.05, 3.63) is 59.7 Å². The highest BCUT2D eigenvalue weighted by molar-refractivity contribution is 5.95. The third-order valence-electron chi connectivity index (χ3n) is 5.61. The molecule has 1 aliphatic carbocycles. The number of hydrogen-bond donors (Lipinski definition) is 5. The molecular weight excluding hydrogens is 420 g/mol. The van der Waals surface area contributed by atoms with E-state index in [4.69, 9.17) is 42.8 Å². The van der Waals surface area contributed by atoms with Gasteiger partial charge < -0.3 is 32.4 Å². The van der Waals surface area contributed by atoms with Gasteiger partial charge in [-0.05, 0) is 68.1 Å². The molecule has 1 saturated carbocycles. The number of amidine groups is 2. The second-order valence-electron chi connectivity index (χ2n) is 8.20. The zero-order chi connectivity index (χ0) is 23.8. The van der Waals surface area contributed by atoms with E-state index >= 15 is 0 Å². The molecule has 0 heterocycles. The lowest BCUT2D eigenvalue weighted by Gasteiger charge is -2.25. The van der Waals surface area contributed by atoms with Crippen LogP contribution in [-0.4, -0.2) is 42.4 Å². The monoisotopic (exact) mass is 452 g/mol. The summed E-state index contributed by atoms with van der Waals surface area (Å²) in [7, 11) is 0. The molecule has 0 aromatic heterocycles. The molecule has 0 saturated heterocycles. The molecule has 0 spiro atoms. The first-order valence-corrected chi connectivity index (χ1v) is 11.0. The molecule has 0 bridgehead atoms. The first-order chi connectivity index (χ1) is 15.8. The van der Waals surface area contributed by atoms with Crippen LogP contribution in [0.15, 0.2) is 53.5 Å². The van der Waals surface area contributed by atoms with Crippen LogP contribution in [0.25, 0.3) is 0 Å². The minimum atomic E-state index is -0.515. The predicted molar refractivity (Wildman–Crippen MR) is 129 cm³/mol. The van der Waals surface area contributed by atoms with Crippen LogP contribution in [0.5, 0.6) is 11.5 Å². The Morgan fingerprint density at radius 2 is 1.70 bits per heavy atom. The summed E-state index contributed by atoms with van der Waals surface area (Å²) in [6, 6.07) is 14.0. The number of nitrogen functional groups attached to an aromatic ring is 1. The Balaban J connectivity index is 1.69. The Bertz CT molecular complexity index is 984. The van der Waals surface area contributed by atoms with Crippen molar-refractivity contribution < 1.29 is 14.3 Å². The molecule has 1 fully saturated rings. The Morgan fingerprint density at radius 1 is 1.00 bits per heavy atom. The number of nitrogens with zero attached hydrogens (tertiary/aromatic N) is 1. The van der Waals surface area contributed by atoms with Crippen LogP contribution in [0.1, 0.15) is 48.0 Å². The van der Waals surface area contributed by atoms with Gasteiger partial charge in [-0.3, -0.25) is 15.2 Å². The molecule has 33 heavy (non-hydrogen) atoms. The van der Waals surface area contributed by atoms with Crippen LogP contribution in [0, 0.1) is 5.41 Å². The standard InChI is InChI=1S/C24H32N6O3/c25-17-6-8-18(9-7-17)30-23(28)21(33-19-10-4-15(5-11-19)22(26)27)12-13-32-20-3-1-2-16(14-20)24(29)31/h1-5,10-11,14,17-18,21H,6-9,12-13,25H2,(H3,26,27)(H2,28,30)(H2,29,31). The maximum absolute atomic E-state index is 11.4. The number of carbonyl (C=O) groups is 1. The van der Waals surface area contributed by atoms with Gasteiger partial charge >= 0.3 is 0 Å². The van der Waals surface area contributed by atoms with E-state index in [-0.39, 0.29) is 17.9 Å². The smallest absolute Gasteiger partial charge is 0.248 e. The second kappa shape index (κ2) is 11.3. The van der Waals surface area contributed by atoms with Crippen LogP contribution < -0.4 is 32.4 Å². The molecule has 9 heteroatoms. The molecule has 9 N–H and O–H groups in total. The minimum Gasteiger partial charge on any atom is -0.493 e. The van der Waals surface area contributed by atoms with Crippen molar-refractivity contribution in [3.8, 4) is 11.5 Å². The fourth-order valence-electron chi connectivity index (χ4n) is 3.69.